The summed E-state index contributed by atoms with van der Waals surface area (Å²) in [5.74, 6) is -1.17. The number of carbonyl (C=O) groups is 2. The van der Waals surface area contributed by atoms with Crippen LogP contribution in [0.4, 0.5) is 0 Å². The minimum Gasteiger partial charge on any atom is -0.478 e. The molecule has 1 unspecified atom stereocenters. The van der Waals surface area contributed by atoms with Crippen LogP contribution in [0.25, 0.3) is 0 Å². The number of hydrogen-bond donors (Lipinski definition) is 1. The molecule has 0 radical (unpaired) electrons. The van der Waals surface area contributed by atoms with Gasteiger partial charge in [-0.2, -0.15) is 0 Å². The second kappa shape index (κ2) is 5.28. The highest BCUT2D eigenvalue weighted by atomic mass is 16.4. The van der Waals surface area contributed by atoms with Crippen LogP contribution in [0, 0.1) is 0 Å². The van der Waals surface area contributed by atoms with Crippen molar-refractivity contribution >= 4 is 11.9 Å². The van der Waals surface area contributed by atoms with E-state index < -0.39 is 5.97 Å². The Labute approximate surface area is 117 Å². The molecule has 0 saturated carbocycles. The first kappa shape index (κ1) is 13.2. The highest BCUT2D eigenvalue weighted by Gasteiger charge is 2.33. The van der Waals surface area contributed by atoms with E-state index >= 15 is 0 Å². The predicted molar refractivity (Wildman–Crippen MR) is 70.8 cm³/mol. The molecule has 2 fully saturated rings. The van der Waals surface area contributed by atoms with Crippen LogP contribution in [0.5, 0.6) is 0 Å². The second-order valence-corrected chi connectivity index (χ2v) is 5.44. The maximum atomic E-state index is 12.3. The normalized spacial score (nSPS) is 23.4. The number of carboxylic acids is 1. The summed E-state index contributed by atoms with van der Waals surface area (Å²) in [6.45, 7) is 3.66. The number of nitrogens with zero attached hydrogens (tertiary/aromatic N) is 2. The van der Waals surface area contributed by atoms with Crippen LogP contribution in [-0.2, 0) is 0 Å². The van der Waals surface area contributed by atoms with Gasteiger partial charge >= 0.3 is 5.97 Å². The molecule has 2 aliphatic rings. The predicted octanol–water partition coefficient (Wildman–Crippen LogP) is 1.29. The van der Waals surface area contributed by atoms with Crippen LogP contribution in [0.2, 0.25) is 0 Å². The maximum Gasteiger partial charge on any atom is 0.338 e. The van der Waals surface area contributed by atoms with Gasteiger partial charge in [0.05, 0.1) is 5.56 Å². The molecule has 1 aromatic heterocycles. The van der Waals surface area contributed by atoms with Crippen molar-refractivity contribution in [3.8, 4) is 0 Å². The third-order valence-corrected chi connectivity index (χ3v) is 4.16. The van der Waals surface area contributed by atoms with E-state index in [1.54, 1.807) is 4.90 Å². The maximum absolute atomic E-state index is 12.3. The fourth-order valence-corrected chi connectivity index (χ4v) is 3.05. The molecule has 6 heteroatoms. The molecule has 0 aliphatic carbocycles. The number of aromatic carboxylic acids is 1. The zero-order chi connectivity index (χ0) is 14.1. The van der Waals surface area contributed by atoms with Crippen molar-refractivity contribution in [3.05, 3.63) is 23.7 Å². The van der Waals surface area contributed by atoms with Crippen LogP contribution < -0.4 is 0 Å². The van der Waals surface area contributed by atoms with Gasteiger partial charge < -0.3 is 14.4 Å². The second-order valence-electron chi connectivity index (χ2n) is 5.44. The molecule has 3 rings (SSSR count). The van der Waals surface area contributed by atoms with Crippen LogP contribution in [0.15, 0.2) is 16.7 Å². The first-order valence-corrected chi connectivity index (χ1v) is 7.00. The quantitative estimate of drug-likeness (QED) is 0.901. The molecule has 20 heavy (non-hydrogen) atoms. The van der Waals surface area contributed by atoms with Gasteiger partial charge in [-0.05, 0) is 32.4 Å². The van der Waals surface area contributed by atoms with Crippen LogP contribution >= 0.6 is 0 Å². The number of carboxylic acid groups (broad SMARTS) is 1. The summed E-state index contributed by atoms with van der Waals surface area (Å²) in [4.78, 5) is 27.3. The molecular formula is C14H18N2O4. The smallest absolute Gasteiger partial charge is 0.338 e. The molecule has 0 bridgehead atoms. The zero-order valence-electron chi connectivity index (χ0n) is 11.2. The number of carbonyl (C=O) groups excluding carboxylic acids is 1. The van der Waals surface area contributed by atoms with E-state index in [9.17, 15) is 9.59 Å². The Hall–Kier alpha value is -1.82. The lowest BCUT2D eigenvalue weighted by molar-refractivity contribution is 0.0694. The molecule has 108 valence electrons. The largest absolute Gasteiger partial charge is 0.478 e. The monoisotopic (exact) mass is 278 g/mol. The average molecular weight is 278 g/mol. The van der Waals surface area contributed by atoms with Crippen molar-refractivity contribution in [1.82, 2.24) is 9.80 Å². The molecule has 0 spiro atoms. The van der Waals surface area contributed by atoms with Gasteiger partial charge in [-0.3, -0.25) is 9.69 Å². The molecule has 1 amide bonds. The van der Waals surface area contributed by atoms with Crippen molar-refractivity contribution in [1.29, 1.82) is 0 Å². The van der Waals surface area contributed by atoms with Crippen molar-refractivity contribution in [3.63, 3.8) is 0 Å². The summed E-state index contributed by atoms with van der Waals surface area (Å²) in [6.07, 6.45) is 4.58. The zero-order valence-corrected chi connectivity index (χ0v) is 11.2. The van der Waals surface area contributed by atoms with Gasteiger partial charge in [-0.15, -0.1) is 0 Å². The fourth-order valence-electron chi connectivity index (χ4n) is 3.05. The summed E-state index contributed by atoms with van der Waals surface area (Å²) in [5, 5.41) is 8.84. The van der Waals surface area contributed by atoms with Crippen LogP contribution in [0.1, 0.15) is 40.2 Å². The molecule has 1 atom stereocenters. The Bertz CT molecular complexity index is 519. The minimum atomic E-state index is -1.08. The summed E-state index contributed by atoms with van der Waals surface area (Å²) < 4.78 is 5.08. The van der Waals surface area contributed by atoms with Crippen molar-refractivity contribution < 1.29 is 19.1 Å². The number of furan rings is 1. The van der Waals surface area contributed by atoms with E-state index in [-0.39, 0.29) is 17.2 Å². The van der Waals surface area contributed by atoms with Gasteiger partial charge in [0.1, 0.15) is 6.26 Å². The molecule has 6 nitrogen and oxygen atoms in total. The molecule has 2 saturated heterocycles. The van der Waals surface area contributed by atoms with E-state index in [1.165, 1.54) is 18.9 Å². The number of likely N-dealkylation sites (tertiary alicyclic amines) is 2. The molecule has 0 aromatic carbocycles. The average Bonchev–Trinajstić information content (AvgIpc) is 3.17. The van der Waals surface area contributed by atoms with Gasteiger partial charge in [-0.25, -0.2) is 4.79 Å². The first-order valence-electron chi connectivity index (χ1n) is 7.00. The Morgan fingerprint density at radius 3 is 2.65 bits per heavy atom. The fraction of sp³-hybridized carbons (Fsp3) is 0.571. The summed E-state index contributed by atoms with van der Waals surface area (Å²) in [6, 6.07) is 1.74. The topological polar surface area (TPSA) is 74.0 Å². The van der Waals surface area contributed by atoms with Gasteiger partial charge in [-0.1, -0.05) is 0 Å². The van der Waals surface area contributed by atoms with Gasteiger partial charge in [0.25, 0.3) is 5.91 Å². The summed E-state index contributed by atoms with van der Waals surface area (Å²) in [5.41, 5.74) is 0.0173. The van der Waals surface area contributed by atoms with Crippen LogP contribution in [-0.4, -0.2) is 59.0 Å². The Kier molecular flexibility index (Phi) is 3.48. The van der Waals surface area contributed by atoms with Crippen molar-refractivity contribution in [2.45, 2.75) is 25.3 Å². The highest BCUT2D eigenvalue weighted by molar-refractivity contribution is 5.95. The summed E-state index contributed by atoms with van der Waals surface area (Å²) >= 11 is 0. The molecule has 1 aromatic rings. The highest BCUT2D eigenvalue weighted by Crippen LogP contribution is 2.22. The van der Waals surface area contributed by atoms with Gasteiger partial charge in [0.15, 0.2) is 5.76 Å². The molecule has 1 N–H and O–H groups in total. The van der Waals surface area contributed by atoms with E-state index in [4.69, 9.17) is 9.52 Å². The SMILES string of the molecule is O=C(O)c1coc(C(=O)N2CCC(N3CCCC3)C2)c1. The Morgan fingerprint density at radius 1 is 1.25 bits per heavy atom. The Morgan fingerprint density at radius 2 is 2.00 bits per heavy atom. The summed E-state index contributed by atoms with van der Waals surface area (Å²) in [7, 11) is 0. The van der Waals surface area contributed by atoms with Gasteiger partial charge in [0, 0.05) is 25.2 Å². The number of amides is 1. The number of hydrogen-bond acceptors (Lipinski definition) is 4. The van der Waals surface area contributed by atoms with Crippen molar-refractivity contribution in [2.75, 3.05) is 26.2 Å². The van der Waals surface area contributed by atoms with Gasteiger partial charge in [0.2, 0.25) is 0 Å². The van der Waals surface area contributed by atoms with Crippen LogP contribution in [0.3, 0.4) is 0 Å². The molecule has 3 heterocycles. The standard InChI is InChI=1S/C14H18N2O4/c17-13(12-7-10(9-20-12)14(18)19)16-6-3-11(8-16)15-4-1-2-5-15/h7,9,11H,1-6,8H2,(H,18,19). The third-order valence-electron chi connectivity index (χ3n) is 4.16. The lowest BCUT2D eigenvalue weighted by atomic mass is 10.2. The first-order chi connectivity index (χ1) is 9.65. The Balaban J connectivity index is 1.64. The molecule has 2 aliphatic heterocycles. The molecular weight excluding hydrogens is 260 g/mol. The van der Waals surface area contributed by atoms with Crippen molar-refractivity contribution in [2.24, 2.45) is 0 Å². The lowest BCUT2D eigenvalue weighted by Crippen LogP contribution is -2.37. The van der Waals surface area contributed by atoms with E-state index in [1.807, 2.05) is 0 Å². The van der Waals surface area contributed by atoms with E-state index in [0.717, 1.165) is 25.8 Å². The van der Waals surface area contributed by atoms with E-state index in [2.05, 4.69) is 4.90 Å². The number of rotatable bonds is 3. The third kappa shape index (κ3) is 2.43. The lowest BCUT2D eigenvalue weighted by Gasteiger charge is -2.23. The minimum absolute atomic E-state index is 0.0173. The van der Waals surface area contributed by atoms with E-state index in [0.29, 0.717) is 19.1 Å².